The molecule has 2 aromatic carbocycles. The molecule has 0 amide bonds. The van der Waals surface area contributed by atoms with Crippen LogP contribution in [0.4, 0.5) is 0 Å². The molecule has 0 heterocycles. The minimum absolute atomic E-state index is 0.0558. The summed E-state index contributed by atoms with van der Waals surface area (Å²) in [5.41, 5.74) is 1.39. The summed E-state index contributed by atoms with van der Waals surface area (Å²) < 4.78 is 4.85. The molecule has 0 aliphatic rings. The third kappa shape index (κ3) is 2.55. The van der Waals surface area contributed by atoms with Gasteiger partial charge in [0.25, 0.3) is 0 Å². The summed E-state index contributed by atoms with van der Waals surface area (Å²) in [6.07, 6.45) is 0. The maximum atomic E-state index is 9.62. The zero-order chi connectivity index (χ0) is 13.0. The molecule has 0 atom stereocenters. The van der Waals surface area contributed by atoms with Crippen LogP contribution in [0.5, 0.6) is 17.2 Å². The fourth-order valence-corrected chi connectivity index (χ4v) is 1.55. The van der Waals surface area contributed by atoms with Gasteiger partial charge in [0, 0.05) is 11.1 Å². The van der Waals surface area contributed by atoms with E-state index in [2.05, 4.69) is 11.8 Å². The van der Waals surface area contributed by atoms with Crippen LogP contribution < -0.4 is 4.74 Å². The molecule has 3 heteroatoms. The Morgan fingerprint density at radius 3 is 2.00 bits per heavy atom. The number of ether oxygens (including phenoxy) is 1. The van der Waals surface area contributed by atoms with Crippen LogP contribution >= 0.6 is 0 Å². The average molecular weight is 240 g/mol. The van der Waals surface area contributed by atoms with E-state index in [-0.39, 0.29) is 17.2 Å². The molecule has 3 nitrogen and oxygen atoms in total. The normalized spacial score (nSPS) is 9.39. The van der Waals surface area contributed by atoms with Crippen molar-refractivity contribution in [1.82, 2.24) is 0 Å². The van der Waals surface area contributed by atoms with Crippen molar-refractivity contribution >= 4 is 0 Å². The zero-order valence-electron chi connectivity index (χ0n) is 9.84. The third-order valence-electron chi connectivity index (χ3n) is 2.38. The van der Waals surface area contributed by atoms with Gasteiger partial charge in [0.2, 0.25) is 5.75 Å². The van der Waals surface area contributed by atoms with E-state index in [1.807, 2.05) is 30.3 Å². The molecule has 0 aromatic heterocycles. The number of benzene rings is 2. The van der Waals surface area contributed by atoms with Gasteiger partial charge in [-0.15, -0.1) is 0 Å². The summed E-state index contributed by atoms with van der Waals surface area (Å²) in [5, 5.41) is 19.2. The van der Waals surface area contributed by atoms with Gasteiger partial charge in [-0.25, -0.2) is 0 Å². The maximum Gasteiger partial charge on any atom is 0.202 e. The Hall–Kier alpha value is -2.60. The average Bonchev–Trinajstić information content (AvgIpc) is 2.37. The van der Waals surface area contributed by atoms with Crippen LogP contribution in [0, 0.1) is 11.8 Å². The number of phenolic OH excluding ortho intramolecular Hbond substituents is 2. The Kier molecular flexibility index (Phi) is 3.40. The molecule has 0 fully saturated rings. The molecule has 0 aliphatic heterocycles. The molecule has 0 radical (unpaired) electrons. The molecular weight excluding hydrogens is 228 g/mol. The first kappa shape index (κ1) is 11.9. The van der Waals surface area contributed by atoms with Crippen molar-refractivity contribution in [2.75, 3.05) is 7.11 Å². The van der Waals surface area contributed by atoms with Crippen molar-refractivity contribution < 1.29 is 14.9 Å². The Bertz CT molecular complexity index is 584. The molecule has 0 spiro atoms. The predicted molar refractivity (Wildman–Crippen MR) is 68.7 cm³/mol. The summed E-state index contributed by atoms with van der Waals surface area (Å²) in [7, 11) is 1.38. The van der Waals surface area contributed by atoms with Gasteiger partial charge in [-0.3, -0.25) is 0 Å². The zero-order valence-corrected chi connectivity index (χ0v) is 9.84. The fourth-order valence-electron chi connectivity index (χ4n) is 1.55. The Morgan fingerprint density at radius 1 is 0.889 bits per heavy atom. The molecule has 0 bridgehead atoms. The van der Waals surface area contributed by atoms with E-state index < -0.39 is 0 Å². The monoisotopic (exact) mass is 240 g/mol. The molecule has 0 unspecified atom stereocenters. The maximum absolute atomic E-state index is 9.62. The van der Waals surface area contributed by atoms with Gasteiger partial charge in [-0.05, 0) is 24.3 Å². The van der Waals surface area contributed by atoms with Crippen molar-refractivity contribution in [2.45, 2.75) is 0 Å². The van der Waals surface area contributed by atoms with Crippen LogP contribution in [-0.4, -0.2) is 17.3 Å². The standard InChI is InChI=1S/C15H12O3/c1-18-15-13(16)9-12(10-14(15)17)8-7-11-5-3-2-4-6-11/h2-6,9-10,16-17H,1H3. The van der Waals surface area contributed by atoms with Crippen molar-refractivity contribution in [3.8, 4) is 29.1 Å². The minimum Gasteiger partial charge on any atom is -0.504 e. The Labute approximate surface area is 105 Å². The van der Waals surface area contributed by atoms with Crippen LogP contribution in [0.2, 0.25) is 0 Å². The van der Waals surface area contributed by atoms with Crippen molar-refractivity contribution in [2.24, 2.45) is 0 Å². The van der Waals surface area contributed by atoms with E-state index >= 15 is 0 Å². The van der Waals surface area contributed by atoms with Crippen molar-refractivity contribution in [3.63, 3.8) is 0 Å². The molecule has 90 valence electrons. The largest absolute Gasteiger partial charge is 0.504 e. The van der Waals surface area contributed by atoms with E-state index in [0.717, 1.165) is 5.56 Å². The van der Waals surface area contributed by atoms with Crippen LogP contribution in [0.3, 0.4) is 0 Å². The summed E-state index contributed by atoms with van der Waals surface area (Å²) in [4.78, 5) is 0. The van der Waals surface area contributed by atoms with E-state index in [9.17, 15) is 10.2 Å². The summed E-state index contributed by atoms with van der Waals surface area (Å²) in [5.74, 6) is 5.60. The smallest absolute Gasteiger partial charge is 0.202 e. The van der Waals surface area contributed by atoms with Crippen LogP contribution in [0.1, 0.15) is 11.1 Å². The molecule has 0 saturated heterocycles. The molecule has 2 aromatic rings. The van der Waals surface area contributed by atoms with Gasteiger partial charge in [0.15, 0.2) is 11.5 Å². The van der Waals surface area contributed by atoms with Crippen LogP contribution in [0.25, 0.3) is 0 Å². The molecule has 2 rings (SSSR count). The lowest BCUT2D eigenvalue weighted by Crippen LogP contribution is -1.86. The lowest BCUT2D eigenvalue weighted by Gasteiger charge is -2.05. The molecule has 2 N–H and O–H groups in total. The topological polar surface area (TPSA) is 49.7 Å². The SMILES string of the molecule is COc1c(O)cc(C#Cc2ccccc2)cc1O. The van der Waals surface area contributed by atoms with Gasteiger partial charge in [-0.1, -0.05) is 30.0 Å². The van der Waals surface area contributed by atoms with Gasteiger partial charge < -0.3 is 14.9 Å². The second kappa shape index (κ2) is 5.15. The summed E-state index contributed by atoms with van der Waals surface area (Å²) in [6.45, 7) is 0. The number of hydrogen-bond donors (Lipinski definition) is 2. The molecular formula is C15H12O3. The first-order valence-electron chi connectivity index (χ1n) is 5.37. The van der Waals surface area contributed by atoms with E-state index in [4.69, 9.17) is 4.74 Å². The number of phenols is 2. The van der Waals surface area contributed by atoms with Crippen LogP contribution in [-0.2, 0) is 0 Å². The first-order valence-corrected chi connectivity index (χ1v) is 5.37. The number of methoxy groups -OCH3 is 1. The Morgan fingerprint density at radius 2 is 1.44 bits per heavy atom. The van der Waals surface area contributed by atoms with Crippen molar-refractivity contribution in [1.29, 1.82) is 0 Å². The lowest BCUT2D eigenvalue weighted by molar-refractivity contribution is 0.344. The van der Waals surface area contributed by atoms with Gasteiger partial charge in [-0.2, -0.15) is 0 Å². The number of rotatable bonds is 1. The number of aromatic hydroxyl groups is 2. The molecule has 18 heavy (non-hydrogen) atoms. The highest BCUT2D eigenvalue weighted by atomic mass is 16.5. The predicted octanol–water partition coefficient (Wildman–Crippen LogP) is 2.51. The van der Waals surface area contributed by atoms with Gasteiger partial charge >= 0.3 is 0 Å². The quantitative estimate of drug-likeness (QED) is 0.753. The minimum atomic E-state index is -0.130. The first-order chi connectivity index (χ1) is 8.70. The summed E-state index contributed by atoms with van der Waals surface area (Å²) >= 11 is 0. The molecule has 0 aliphatic carbocycles. The lowest BCUT2D eigenvalue weighted by atomic mass is 10.1. The van der Waals surface area contributed by atoms with Gasteiger partial charge in [0.1, 0.15) is 0 Å². The van der Waals surface area contributed by atoms with E-state index in [1.165, 1.54) is 19.2 Å². The van der Waals surface area contributed by atoms with Crippen molar-refractivity contribution in [3.05, 3.63) is 53.6 Å². The fraction of sp³-hybridized carbons (Fsp3) is 0.0667. The highest BCUT2D eigenvalue weighted by Gasteiger charge is 2.08. The Balaban J connectivity index is 2.34. The van der Waals surface area contributed by atoms with E-state index in [0.29, 0.717) is 5.56 Å². The molecule has 0 saturated carbocycles. The van der Waals surface area contributed by atoms with E-state index in [1.54, 1.807) is 0 Å². The highest BCUT2D eigenvalue weighted by Crippen LogP contribution is 2.36. The second-order valence-electron chi connectivity index (χ2n) is 3.66. The van der Waals surface area contributed by atoms with Crippen LogP contribution in [0.15, 0.2) is 42.5 Å². The second-order valence-corrected chi connectivity index (χ2v) is 3.66. The summed E-state index contributed by atoms with van der Waals surface area (Å²) in [6, 6.07) is 12.4. The number of hydrogen-bond acceptors (Lipinski definition) is 3. The highest BCUT2D eigenvalue weighted by molar-refractivity contribution is 5.56. The van der Waals surface area contributed by atoms with Gasteiger partial charge in [0.05, 0.1) is 7.11 Å². The third-order valence-corrected chi connectivity index (χ3v) is 2.38.